The normalized spacial score (nSPS) is 11.6. The first-order chi connectivity index (χ1) is 14.9. The van der Waals surface area contributed by atoms with Crippen molar-refractivity contribution in [1.29, 1.82) is 0 Å². The van der Waals surface area contributed by atoms with Crippen LogP contribution in [0.1, 0.15) is 10.4 Å². The van der Waals surface area contributed by atoms with Crippen LogP contribution >= 0.6 is 23.2 Å². The molecule has 0 fully saturated rings. The van der Waals surface area contributed by atoms with E-state index in [0.717, 1.165) is 6.26 Å². The van der Waals surface area contributed by atoms with E-state index in [4.69, 9.17) is 23.2 Å². The highest BCUT2D eigenvalue weighted by Gasteiger charge is 2.15. The Morgan fingerprint density at radius 1 is 0.781 bits per heavy atom. The number of rotatable bonds is 7. The van der Waals surface area contributed by atoms with Crippen molar-refractivity contribution in [2.24, 2.45) is 0 Å². The maximum Gasteiger partial charge on any atom is 0.261 e. The molecule has 3 aromatic rings. The third-order valence-corrected chi connectivity index (χ3v) is 6.60. The van der Waals surface area contributed by atoms with Crippen LogP contribution in [0.25, 0.3) is 0 Å². The molecule has 12 heteroatoms. The van der Waals surface area contributed by atoms with Gasteiger partial charge in [-0.3, -0.25) is 14.2 Å². The fourth-order valence-corrected chi connectivity index (χ4v) is 4.64. The topological polar surface area (TPSA) is 121 Å². The largest absolute Gasteiger partial charge is 0.322 e. The van der Waals surface area contributed by atoms with Gasteiger partial charge in [-0.25, -0.2) is 16.8 Å². The highest BCUT2D eigenvalue weighted by molar-refractivity contribution is 7.92. The van der Waals surface area contributed by atoms with E-state index in [9.17, 15) is 21.6 Å². The fraction of sp³-hybridized carbons (Fsp3) is 0.0500. The molecule has 32 heavy (non-hydrogen) atoms. The van der Waals surface area contributed by atoms with Crippen molar-refractivity contribution in [2.45, 2.75) is 4.90 Å². The lowest BCUT2D eigenvalue weighted by atomic mass is 10.2. The Bertz CT molecular complexity index is 1360. The van der Waals surface area contributed by atoms with Gasteiger partial charge in [-0.2, -0.15) is 0 Å². The van der Waals surface area contributed by atoms with Crippen LogP contribution in [0.5, 0.6) is 0 Å². The summed E-state index contributed by atoms with van der Waals surface area (Å²) in [5, 5.41) is 3.16. The Morgan fingerprint density at radius 3 is 1.94 bits per heavy atom. The SMILES string of the molecule is CS(=O)(=O)Nc1ccc(C(=O)Nc2ccc(S(=O)(=O)Nc3ccc(Cl)cc3)cc2)cc1Cl. The predicted octanol–water partition coefficient (Wildman–Crippen LogP) is 4.42. The molecule has 3 aromatic carbocycles. The summed E-state index contributed by atoms with van der Waals surface area (Å²) in [6.07, 6.45) is 0.985. The monoisotopic (exact) mass is 513 g/mol. The van der Waals surface area contributed by atoms with E-state index < -0.39 is 26.0 Å². The lowest BCUT2D eigenvalue weighted by Crippen LogP contribution is -2.14. The van der Waals surface area contributed by atoms with Crippen molar-refractivity contribution < 1.29 is 21.6 Å². The van der Waals surface area contributed by atoms with Gasteiger partial charge >= 0.3 is 0 Å². The summed E-state index contributed by atoms with van der Waals surface area (Å²) in [5.41, 5.74) is 1.05. The van der Waals surface area contributed by atoms with Crippen molar-refractivity contribution >= 4 is 66.2 Å². The Kier molecular flexibility index (Phi) is 6.99. The van der Waals surface area contributed by atoms with Gasteiger partial charge in [0.2, 0.25) is 10.0 Å². The molecule has 0 radical (unpaired) electrons. The number of hydrogen-bond acceptors (Lipinski definition) is 5. The molecular weight excluding hydrogens is 497 g/mol. The number of amides is 1. The standard InChI is InChI=1S/C20H17Cl2N3O5S2/c1-31(27,28)25-19-11-2-13(12-18(19)22)20(26)23-15-7-9-17(10-8-15)32(29,30)24-16-5-3-14(21)4-6-16/h2-12,24-25H,1H3,(H,23,26). The minimum Gasteiger partial charge on any atom is -0.322 e. The van der Waals surface area contributed by atoms with Crippen molar-refractivity contribution in [2.75, 3.05) is 21.0 Å². The van der Waals surface area contributed by atoms with Gasteiger partial charge in [-0.15, -0.1) is 0 Å². The average Bonchev–Trinajstić information content (AvgIpc) is 2.70. The Hall–Kier alpha value is -2.79. The third kappa shape index (κ3) is 6.36. The van der Waals surface area contributed by atoms with Crippen LogP contribution < -0.4 is 14.8 Å². The van der Waals surface area contributed by atoms with E-state index in [1.165, 1.54) is 54.6 Å². The van der Waals surface area contributed by atoms with Crippen LogP contribution in [0.3, 0.4) is 0 Å². The number of carbonyl (C=O) groups excluding carboxylic acids is 1. The molecular formula is C20H17Cl2N3O5S2. The van der Waals surface area contributed by atoms with Crippen LogP contribution in [0.4, 0.5) is 17.1 Å². The molecule has 0 aliphatic carbocycles. The molecule has 0 saturated heterocycles. The number of halogens is 2. The minimum absolute atomic E-state index is 0.00435. The van der Waals surface area contributed by atoms with E-state index in [0.29, 0.717) is 16.4 Å². The smallest absolute Gasteiger partial charge is 0.261 e. The second kappa shape index (κ2) is 9.37. The highest BCUT2D eigenvalue weighted by atomic mass is 35.5. The van der Waals surface area contributed by atoms with E-state index in [1.807, 2.05) is 0 Å². The molecule has 1 amide bonds. The Morgan fingerprint density at radius 2 is 1.38 bits per heavy atom. The Balaban J connectivity index is 1.70. The summed E-state index contributed by atoms with van der Waals surface area (Å²) < 4.78 is 52.4. The van der Waals surface area contributed by atoms with Gasteiger partial charge in [-0.05, 0) is 66.7 Å². The molecule has 0 unspecified atom stereocenters. The molecule has 168 valence electrons. The second-order valence-corrected chi connectivity index (χ2v) is 10.9. The van der Waals surface area contributed by atoms with Crippen molar-refractivity contribution in [3.8, 4) is 0 Å². The van der Waals surface area contributed by atoms with Gasteiger partial charge < -0.3 is 5.32 Å². The summed E-state index contributed by atoms with van der Waals surface area (Å²) in [6, 6.07) is 15.9. The Labute approximate surface area is 195 Å². The molecule has 3 rings (SSSR count). The first kappa shape index (κ1) is 23.9. The number of hydrogen-bond donors (Lipinski definition) is 3. The lowest BCUT2D eigenvalue weighted by Gasteiger charge is -2.11. The van der Waals surface area contributed by atoms with Crippen molar-refractivity contribution in [1.82, 2.24) is 0 Å². The fourth-order valence-electron chi connectivity index (χ4n) is 2.59. The second-order valence-electron chi connectivity index (χ2n) is 6.66. The average molecular weight is 514 g/mol. The number of nitrogens with one attached hydrogen (secondary N) is 3. The van der Waals surface area contributed by atoms with Crippen LogP contribution in [0.15, 0.2) is 71.6 Å². The number of anilines is 3. The van der Waals surface area contributed by atoms with E-state index in [-0.39, 0.29) is 21.2 Å². The summed E-state index contributed by atoms with van der Waals surface area (Å²) in [6.45, 7) is 0. The number of sulfonamides is 2. The zero-order valence-corrected chi connectivity index (χ0v) is 19.6. The van der Waals surface area contributed by atoms with Gasteiger partial charge in [0.15, 0.2) is 0 Å². The van der Waals surface area contributed by atoms with Crippen LogP contribution in [0, 0.1) is 0 Å². The van der Waals surface area contributed by atoms with Gasteiger partial charge in [0.05, 0.1) is 21.9 Å². The first-order valence-corrected chi connectivity index (χ1v) is 13.0. The minimum atomic E-state index is -3.83. The summed E-state index contributed by atoms with van der Waals surface area (Å²) >= 11 is 11.8. The van der Waals surface area contributed by atoms with Gasteiger partial charge in [0, 0.05) is 22.0 Å². The first-order valence-electron chi connectivity index (χ1n) is 8.90. The lowest BCUT2D eigenvalue weighted by molar-refractivity contribution is 0.102. The van der Waals surface area contributed by atoms with Crippen LogP contribution in [-0.4, -0.2) is 29.0 Å². The molecule has 3 N–H and O–H groups in total. The quantitative estimate of drug-likeness (QED) is 0.431. The number of benzene rings is 3. The molecule has 0 bridgehead atoms. The maximum atomic E-state index is 12.5. The highest BCUT2D eigenvalue weighted by Crippen LogP contribution is 2.25. The van der Waals surface area contributed by atoms with E-state index >= 15 is 0 Å². The van der Waals surface area contributed by atoms with Gasteiger partial charge in [0.25, 0.3) is 15.9 Å². The zero-order chi connectivity index (χ0) is 23.5. The zero-order valence-electron chi connectivity index (χ0n) is 16.5. The molecule has 8 nitrogen and oxygen atoms in total. The summed E-state index contributed by atoms with van der Waals surface area (Å²) in [4.78, 5) is 12.5. The molecule has 0 spiro atoms. The molecule has 0 heterocycles. The third-order valence-electron chi connectivity index (χ3n) is 4.05. The summed E-state index contributed by atoms with van der Waals surface area (Å²) in [5.74, 6) is -0.507. The number of carbonyl (C=O) groups is 1. The molecule has 0 saturated carbocycles. The molecule has 0 atom stereocenters. The van der Waals surface area contributed by atoms with Crippen LogP contribution in [0.2, 0.25) is 10.0 Å². The molecule has 0 aliphatic heterocycles. The van der Waals surface area contributed by atoms with Crippen LogP contribution in [-0.2, 0) is 20.0 Å². The van der Waals surface area contributed by atoms with E-state index in [2.05, 4.69) is 14.8 Å². The predicted molar refractivity (Wildman–Crippen MR) is 127 cm³/mol. The van der Waals surface area contributed by atoms with Gasteiger partial charge in [-0.1, -0.05) is 23.2 Å². The summed E-state index contributed by atoms with van der Waals surface area (Å²) in [7, 11) is -7.34. The van der Waals surface area contributed by atoms with E-state index in [1.54, 1.807) is 12.1 Å². The van der Waals surface area contributed by atoms with Crippen molar-refractivity contribution in [3.63, 3.8) is 0 Å². The molecule has 0 aliphatic rings. The molecule has 0 aromatic heterocycles. The van der Waals surface area contributed by atoms with Crippen molar-refractivity contribution in [3.05, 3.63) is 82.3 Å². The van der Waals surface area contributed by atoms with Gasteiger partial charge in [0.1, 0.15) is 0 Å². The maximum absolute atomic E-state index is 12.5.